The number of hydrogen-bond donors (Lipinski definition) is 1. The third-order valence-electron chi connectivity index (χ3n) is 4.01. The van der Waals surface area contributed by atoms with Crippen LogP contribution in [0.3, 0.4) is 0 Å². The second kappa shape index (κ2) is 4.82. The van der Waals surface area contributed by atoms with Crippen molar-refractivity contribution in [2.45, 2.75) is 38.7 Å². The first kappa shape index (κ1) is 12.4. The van der Waals surface area contributed by atoms with E-state index in [0.29, 0.717) is 6.42 Å². The van der Waals surface area contributed by atoms with Crippen LogP contribution in [-0.4, -0.2) is 14.9 Å². The molecule has 1 aliphatic rings. The summed E-state index contributed by atoms with van der Waals surface area (Å²) in [5.74, 6) is 0. The molecule has 19 heavy (non-hydrogen) atoms. The predicted octanol–water partition coefficient (Wildman–Crippen LogP) is 2.49. The largest absolute Gasteiger partial charge is 0.388 e. The fraction of sp³-hybridized carbons (Fsp3) is 0.438. The zero-order chi connectivity index (χ0) is 13.4. The van der Waals surface area contributed by atoms with Gasteiger partial charge in [0.15, 0.2) is 0 Å². The highest BCUT2D eigenvalue weighted by atomic mass is 16.3. The van der Waals surface area contributed by atoms with Crippen LogP contribution in [0.15, 0.2) is 24.3 Å². The first-order valence-corrected chi connectivity index (χ1v) is 6.93. The Hall–Kier alpha value is -1.61. The molecule has 0 saturated heterocycles. The highest BCUT2D eigenvalue weighted by Gasteiger charge is 2.16. The van der Waals surface area contributed by atoms with E-state index in [2.05, 4.69) is 23.3 Å². The maximum absolute atomic E-state index is 10.4. The van der Waals surface area contributed by atoms with Crippen LogP contribution < -0.4 is 0 Å². The van der Waals surface area contributed by atoms with Crippen molar-refractivity contribution in [3.8, 4) is 0 Å². The Morgan fingerprint density at radius 3 is 2.79 bits per heavy atom. The van der Waals surface area contributed by atoms with Crippen molar-refractivity contribution < 1.29 is 5.11 Å². The lowest BCUT2D eigenvalue weighted by molar-refractivity contribution is 0.175. The maximum Gasteiger partial charge on any atom is 0.0845 e. The molecule has 2 aromatic rings. The molecule has 1 aliphatic carbocycles. The van der Waals surface area contributed by atoms with Gasteiger partial charge >= 0.3 is 0 Å². The Bertz CT molecular complexity index is 601. The predicted molar refractivity (Wildman–Crippen MR) is 75.1 cm³/mol. The van der Waals surface area contributed by atoms with Crippen LogP contribution in [0.5, 0.6) is 0 Å². The fourth-order valence-electron chi connectivity index (χ4n) is 2.97. The van der Waals surface area contributed by atoms with Crippen LogP contribution in [0.4, 0.5) is 0 Å². The van der Waals surface area contributed by atoms with E-state index < -0.39 is 6.10 Å². The molecule has 0 fully saturated rings. The van der Waals surface area contributed by atoms with Crippen molar-refractivity contribution in [3.05, 3.63) is 52.3 Å². The minimum atomic E-state index is -0.444. The van der Waals surface area contributed by atoms with E-state index in [4.69, 9.17) is 0 Å². The Morgan fingerprint density at radius 1 is 1.26 bits per heavy atom. The summed E-state index contributed by atoms with van der Waals surface area (Å²) in [6.45, 7) is 1.98. The molecule has 0 aliphatic heterocycles. The Kier molecular flexibility index (Phi) is 3.15. The van der Waals surface area contributed by atoms with Crippen LogP contribution in [-0.2, 0) is 26.3 Å². The number of aliphatic hydroxyl groups excluding tert-OH is 1. The molecule has 1 unspecified atom stereocenters. The van der Waals surface area contributed by atoms with Gasteiger partial charge in [0.2, 0.25) is 0 Å². The van der Waals surface area contributed by atoms with Gasteiger partial charge in [-0.25, -0.2) is 0 Å². The fourth-order valence-corrected chi connectivity index (χ4v) is 2.97. The van der Waals surface area contributed by atoms with Gasteiger partial charge < -0.3 is 5.11 Å². The standard InChI is InChI=1S/C16H20N2O/c1-11-8-15(18(2)17-11)10-16(19)14-7-6-12-4-3-5-13(12)9-14/h6-9,16,19H,3-5,10H2,1-2H3. The van der Waals surface area contributed by atoms with Gasteiger partial charge in [0.05, 0.1) is 11.8 Å². The summed E-state index contributed by atoms with van der Waals surface area (Å²) in [4.78, 5) is 0. The molecule has 3 rings (SSSR count). The van der Waals surface area contributed by atoms with Crippen molar-refractivity contribution in [1.29, 1.82) is 0 Å². The minimum Gasteiger partial charge on any atom is -0.388 e. The minimum absolute atomic E-state index is 0.444. The molecule has 0 saturated carbocycles. The normalized spacial score (nSPS) is 15.5. The van der Waals surface area contributed by atoms with Crippen LogP contribution in [0.2, 0.25) is 0 Å². The first-order valence-electron chi connectivity index (χ1n) is 6.93. The van der Waals surface area contributed by atoms with Gasteiger partial charge in [-0.2, -0.15) is 5.10 Å². The van der Waals surface area contributed by atoms with Crippen LogP contribution in [0.1, 0.15) is 40.6 Å². The lowest BCUT2D eigenvalue weighted by Crippen LogP contribution is -2.07. The van der Waals surface area contributed by atoms with Gasteiger partial charge in [0, 0.05) is 19.2 Å². The number of nitrogens with zero attached hydrogens (tertiary/aromatic N) is 2. The highest BCUT2D eigenvalue weighted by Crippen LogP contribution is 2.26. The average Bonchev–Trinajstić information content (AvgIpc) is 2.95. The molecule has 0 amide bonds. The summed E-state index contributed by atoms with van der Waals surface area (Å²) in [6, 6.07) is 8.46. The van der Waals surface area contributed by atoms with E-state index in [1.165, 1.54) is 24.0 Å². The van der Waals surface area contributed by atoms with Gasteiger partial charge in [-0.3, -0.25) is 4.68 Å². The van der Waals surface area contributed by atoms with Crippen LogP contribution in [0.25, 0.3) is 0 Å². The lowest BCUT2D eigenvalue weighted by Gasteiger charge is -2.12. The lowest BCUT2D eigenvalue weighted by atomic mass is 10.00. The summed E-state index contributed by atoms with van der Waals surface area (Å²) >= 11 is 0. The number of benzene rings is 1. The van der Waals surface area contributed by atoms with Gasteiger partial charge in [-0.1, -0.05) is 18.2 Å². The third kappa shape index (κ3) is 2.43. The van der Waals surface area contributed by atoms with Crippen LogP contribution in [0, 0.1) is 6.92 Å². The van der Waals surface area contributed by atoms with E-state index in [9.17, 15) is 5.11 Å². The topological polar surface area (TPSA) is 38.0 Å². The molecule has 1 heterocycles. The molecule has 1 N–H and O–H groups in total. The SMILES string of the molecule is Cc1cc(CC(O)c2ccc3c(c2)CCC3)n(C)n1. The van der Waals surface area contributed by atoms with Gasteiger partial charge in [0.1, 0.15) is 0 Å². The number of aryl methyl sites for hydroxylation is 4. The number of aromatic nitrogens is 2. The second-order valence-electron chi connectivity index (χ2n) is 5.50. The van der Waals surface area contributed by atoms with Crippen molar-refractivity contribution >= 4 is 0 Å². The quantitative estimate of drug-likeness (QED) is 0.916. The van der Waals surface area contributed by atoms with Crippen molar-refractivity contribution in [1.82, 2.24) is 9.78 Å². The zero-order valence-corrected chi connectivity index (χ0v) is 11.6. The maximum atomic E-state index is 10.4. The monoisotopic (exact) mass is 256 g/mol. The number of hydrogen-bond acceptors (Lipinski definition) is 2. The average molecular weight is 256 g/mol. The molecule has 1 aromatic heterocycles. The smallest absolute Gasteiger partial charge is 0.0845 e. The van der Waals surface area contributed by atoms with E-state index in [0.717, 1.165) is 23.4 Å². The van der Waals surface area contributed by atoms with E-state index in [-0.39, 0.29) is 0 Å². The summed E-state index contributed by atoms with van der Waals surface area (Å²) in [6.07, 6.45) is 3.76. The molecule has 3 nitrogen and oxygen atoms in total. The summed E-state index contributed by atoms with van der Waals surface area (Å²) in [7, 11) is 1.93. The number of aliphatic hydroxyl groups is 1. The second-order valence-corrected chi connectivity index (χ2v) is 5.50. The van der Waals surface area contributed by atoms with Gasteiger partial charge in [-0.15, -0.1) is 0 Å². The molecule has 0 spiro atoms. The first-order chi connectivity index (χ1) is 9.13. The zero-order valence-electron chi connectivity index (χ0n) is 11.6. The molecule has 100 valence electrons. The Balaban J connectivity index is 1.80. The summed E-state index contributed by atoms with van der Waals surface area (Å²) < 4.78 is 1.85. The van der Waals surface area contributed by atoms with Crippen molar-refractivity contribution in [2.75, 3.05) is 0 Å². The molecule has 0 bridgehead atoms. The number of rotatable bonds is 3. The van der Waals surface area contributed by atoms with E-state index in [1.807, 2.05) is 24.7 Å². The van der Waals surface area contributed by atoms with Crippen molar-refractivity contribution in [2.24, 2.45) is 7.05 Å². The molecular formula is C16H20N2O. The van der Waals surface area contributed by atoms with Crippen molar-refractivity contribution in [3.63, 3.8) is 0 Å². The highest BCUT2D eigenvalue weighted by molar-refractivity contribution is 5.36. The molecule has 3 heteroatoms. The molecule has 1 aromatic carbocycles. The summed E-state index contributed by atoms with van der Waals surface area (Å²) in [5.41, 5.74) is 5.97. The summed E-state index contributed by atoms with van der Waals surface area (Å²) in [5, 5.41) is 14.7. The molecular weight excluding hydrogens is 236 g/mol. The third-order valence-corrected chi connectivity index (χ3v) is 4.01. The van der Waals surface area contributed by atoms with Gasteiger partial charge in [0.25, 0.3) is 0 Å². The van der Waals surface area contributed by atoms with Gasteiger partial charge in [-0.05, 0) is 48.9 Å². The van der Waals surface area contributed by atoms with E-state index >= 15 is 0 Å². The molecule has 0 radical (unpaired) electrons. The Labute approximate surface area is 113 Å². The van der Waals surface area contributed by atoms with E-state index in [1.54, 1.807) is 0 Å². The Morgan fingerprint density at radius 2 is 2.05 bits per heavy atom. The number of fused-ring (bicyclic) bond motifs is 1. The molecule has 1 atom stereocenters. The van der Waals surface area contributed by atoms with Crippen LogP contribution >= 0.6 is 0 Å².